The first-order valence-corrected chi connectivity index (χ1v) is 5.34. The normalized spacial score (nSPS) is 15.1. The molecule has 0 aliphatic rings. The fourth-order valence-corrected chi connectivity index (χ4v) is 1.72. The van der Waals surface area contributed by atoms with Gasteiger partial charge in [0.15, 0.2) is 0 Å². The van der Waals surface area contributed by atoms with Gasteiger partial charge in [-0.05, 0) is 18.6 Å². The van der Waals surface area contributed by atoms with Crippen LogP contribution in [0.1, 0.15) is 24.9 Å². The molecule has 2 atom stereocenters. The lowest BCUT2D eigenvalue weighted by Gasteiger charge is -2.18. The van der Waals surface area contributed by atoms with Crippen LogP contribution in [0.3, 0.4) is 0 Å². The number of rotatable bonds is 3. The van der Waals surface area contributed by atoms with Crippen molar-refractivity contribution in [1.29, 1.82) is 0 Å². The van der Waals surface area contributed by atoms with E-state index in [4.69, 9.17) is 5.73 Å². The van der Waals surface area contributed by atoms with Gasteiger partial charge in [0.25, 0.3) is 0 Å². The number of nitrogens with two attached hydrogens (primary N) is 1. The Hall–Kier alpha value is -0.520. The van der Waals surface area contributed by atoms with E-state index in [2.05, 4.69) is 15.9 Å². The van der Waals surface area contributed by atoms with Crippen molar-refractivity contribution in [3.05, 3.63) is 33.8 Å². The van der Waals surface area contributed by atoms with Gasteiger partial charge in [0.05, 0.1) is 12.1 Å². The zero-order valence-electron chi connectivity index (χ0n) is 8.17. The molecule has 0 unspecified atom stereocenters. The summed E-state index contributed by atoms with van der Waals surface area (Å²) in [6, 6.07) is 1.21. The molecule has 1 rings (SSSR count). The van der Waals surface area contributed by atoms with Gasteiger partial charge in [-0.25, -0.2) is 8.78 Å². The first kappa shape index (κ1) is 12.5. The topological polar surface area (TPSA) is 46.2 Å². The molecule has 0 aromatic heterocycles. The highest BCUT2D eigenvalue weighted by molar-refractivity contribution is 9.10. The maximum absolute atomic E-state index is 13.4. The molecule has 0 fully saturated rings. The van der Waals surface area contributed by atoms with Gasteiger partial charge in [0, 0.05) is 10.0 Å². The zero-order valence-corrected chi connectivity index (χ0v) is 9.76. The summed E-state index contributed by atoms with van der Waals surface area (Å²) >= 11 is 2.97. The molecule has 0 amide bonds. The van der Waals surface area contributed by atoms with Crippen molar-refractivity contribution in [2.45, 2.75) is 25.5 Å². The molecular formula is C10H12BrF2NO. The van der Waals surface area contributed by atoms with E-state index in [1.165, 1.54) is 0 Å². The van der Waals surface area contributed by atoms with Crippen molar-refractivity contribution in [3.8, 4) is 0 Å². The van der Waals surface area contributed by atoms with Crippen LogP contribution in [0.4, 0.5) is 8.78 Å². The molecule has 2 nitrogen and oxygen atoms in total. The highest BCUT2D eigenvalue weighted by Crippen LogP contribution is 2.26. The zero-order chi connectivity index (χ0) is 11.6. The van der Waals surface area contributed by atoms with E-state index in [-0.39, 0.29) is 5.56 Å². The second-order valence-electron chi connectivity index (χ2n) is 3.28. The van der Waals surface area contributed by atoms with Crippen molar-refractivity contribution >= 4 is 15.9 Å². The molecule has 0 spiro atoms. The lowest BCUT2D eigenvalue weighted by atomic mass is 9.99. The lowest BCUT2D eigenvalue weighted by molar-refractivity contribution is 0.137. The molecule has 0 aliphatic carbocycles. The van der Waals surface area contributed by atoms with Crippen LogP contribution in [0.25, 0.3) is 0 Å². The van der Waals surface area contributed by atoms with Gasteiger partial charge in [-0.1, -0.05) is 22.9 Å². The van der Waals surface area contributed by atoms with Gasteiger partial charge in [0.1, 0.15) is 11.6 Å². The number of aliphatic hydroxyl groups excluding tert-OH is 1. The van der Waals surface area contributed by atoms with Gasteiger partial charge < -0.3 is 10.8 Å². The Labute approximate surface area is 95.2 Å². The predicted molar refractivity (Wildman–Crippen MR) is 57.3 cm³/mol. The van der Waals surface area contributed by atoms with Gasteiger partial charge in [0.2, 0.25) is 0 Å². The minimum Gasteiger partial charge on any atom is -0.391 e. The monoisotopic (exact) mass is 279 g/mol. The Morgan fingerprint density at radius 1 is 1.40 bits per heavy atom. The number of halogens is 3. The number of aliphatic hydroxyl groups is 1. The second kappa shape index (κ2) is 5.01. The molecule has 84 valence electrons. The number of benzene rings is 1. The van der Waals surface area contributed by atoms with Gasteiger partial charge in [-0.3, -0.25) is 0 Å². The summed E-state index contributed by atoms with van der Waals surface area (Å²) in [5.74, 6) is -1.50. The van der Waals surface area contributed by atoms with Crippen LogP contribution in [-0.2, 0) is 0 Å². The minimum absolute atomic E-state index is 0.271. The van der Waals surface area contributed by atoms with Gasteiger partial charge in [-0.15, -0.1) is 0 Å². The maximum atomic E-state index is 13.4. The Kier molecular flexibility index (Phi) is 4.19. The molecular weight excluding hydrogens is 268 g/mol. The maximum Gasteiger partial charge on any atom is 0.132 e. The molecule has 0 heterocycles. The van der Waals surface area contributed by atoms with E-state index in [0.717, 1.165) is 12.1 Å². The first-order chi connectivity index (χ1) is 6.97. The highest BCUT2D eigenvalue weighted by Gasteiger charge is 2.22. The van der Waals surface area contributed by atoms with Gasteiger partial charge >= 0.3 is 0 Å². The van der Waals surface area contributed by atoms with Crippen LogP contribution in [-0.4, -0.2) is 11.2 Å². The molecule has 0 saturated carbocycles. The molecule has 1 aromatic carbocycles. The Bertz CT molecular complexity index is 336. The molecule has 15 heavy (non-hydrogen) atoms. The summed E-state index contributed by atoms with van der Waals surface area (Å²) in [7, 11) is 0. The van der Waals surface area contributed by atoms with Crippen LogP contribution in [0.5, 0.6) is 0 Å². The van der Waals surface area contributed by atoms with Crippen molar-refractivity contribution in [2.75, 3.05) is 0 Å². The summed E-state index contributed by atoms with van der Waals surface area (Å²) < 4.78 is 27.1. The van der Waals surface area contributed by atoms with Crippen molar-refractivity contribution in [2.24, 2.45) is 5.73 Å². The van der Waals surface area contributed by atoms with Crippen molar-refractivity contribution in [3.63, 3.8) is 0 Å². The average molecular weight is 280 g/mol. The Balaban J connectivity index is 3.13. The van der Waals surface area contributed by atoms with E-state index in [0.29, 0.717) is 10.9 Å². The lowest BCUT2D eigenvalue weighted by Crippen LogP contribution is -2.27. The molecule has 0 aliphatic heterocycles. The van der Waals surface area contributed by atoms with Gasteiger partial charge in [-0.2, -0.15) is 0 Å². The predicted octanol–water partition coefficient (Wildman–Crippen LogP) is 2.50. The molecule has 5 heteroatoms. The molecule has 1 aromatic rings. The molecule has 0 saturated heterocycles. The average Bonchev–Trinajstić information content (AvgIpc) is 2.14. The van der Waals surface area contributed by atoms with E-state index in [1.54, 1.807) is 6.92 Å². The SMILES string of the molecule is CC[C@@H](O)[C@@H](N)c1c(F)cc(Br)cc1F. The minimum atomic E-state index is -1.04. The third-order valence-electron chi connectivity index (χ3n) is 2.21. The largest absolute Gasteiger partial charge is 0.391 e. The van der Waals surface area contributed by atoms with Crippen molar-refractivity contribution < 1.29 is 13.9 Å². The van der Waals surface area contributed by atoms with E-state index in [1.807, 2.05) is 0 Å². The van der Waals surface area contributed by atoms with Crippen molar-refractivity contribution in [1.82, 2.24) is 0 Å². The second-order valence-corrected chi connectivity index (χ2v) is 4.20. The van der Waals surface area contributed by atoms with Crippen LogP contribution in [0.15, 0.2) is 16.6 Å². The van der Waals surface area contributed by atoms with E-state index in [9.17, 15) is 13.9 Å². The molecule has 0 bridgehead atoms. The summed E-state index contributed by atoms with van der Waals surface area (Å²) in [5, 5.41) is 9.43. The summed E-state index contributed by atoms with van der Waals surface area (Å²) in [6.45, 7) is 1.69. The quantitative estimate of drug-likeness (QED) is 0.893. The smallest absolute Gasteiger partial charge is 0.132 e. The fourth-order valence-electron chi connectivity index (χ4n) is 1.32. The summed E-state index contributed by atoms with van der Waals surface area (Å²) in [5.41, 5.74) is 5.28. The summed E-state index contributed by atoms with van der Waals surface area (Å²) in [6.07, 6.45) is -0.606. The number of hydrogen-bond donors (Lipinski definition) is 2. The standard InChI is InChI=1S/C10H12BrF2NO/c1-2-8(15)10(14)9-6(12)3-5(11)4-7(9)13/h3-4,8,10,15H,2,14H2,1H3/t8-,10-/m1/s1. The van der Waals surface area contributed by atoms with Crippen LogP contribution in [0, 0.1) is 11.6 Å². The van der Waals surface area contributed by atoms with E-state index >= 15 is 0 Å². The molecule has 3 N–H and O–H groups in total. The van der Waals surface area contributed by atoms with Crippen LogP contribution >= 0.6 is 15.9 Å². The number of hydrogen-bond acceptors (Lipinski definition) is 2. The third kappa shape index (κ3) is 2.74. The Morgan fingerprint density at radius 3 is 2.27 bits per heavy atom. The van der Waals surface area contributed by atoms with E-state index < -0.39 is 23.8 Å². The first-order valence-electron chi connectivity index (χ1n) is 4.55. The Morgan fingerprint density at radius 2 is 1.87 bits per heavy atom. The highest BCUT2D eigenvalue weighted by atomic mass is 79.9. The van der Waals surface area contributed by atoms with Crippen LogP contribution in [0.2, 0.25) is 0 Å². The third-order valence-corrected chi connectivity index (χ3v) is 2.67. The molecule has 0 radical (unpaired) electrons. The summed E-state index contributed by atoms with van der Waals surface area (Å²) in [4.78, 5) is 0. The van der Waals surface area contributed by atoms with Crippen LogP contribution < -0.4 is 5.73 Å². The fraction of sp³-hybridized carbons (Fsp3) is 0.400.